The number of benzene rings is 1. The van der Waals surface area contributed by atoms with Crippen molar-refractivity contribution in [1.29, 1.82) is 0 Å². The van der Waals surface area contributed by atoms with Gasteiger partial charge >= 0.3 is 0 Å². The summed E-state index contributed by atoms with van der Waals surface area (Å²) in [5.41, 5.74) is 3.39. The Bertz CT molecular complexity index is 551. The second-order valence-corrected chi connectivity index (χ2v) is 5.86. The number of aromatic nitrogens is 2. The zero-order valence-electron chi connectivity index (χ0n) is 12.0. The summed E-state index contributed by atoms with van der Waals surface area (Å²) < 4.78 is 2.91. The lowest BCUT2D eigenvalue weighted by Crippen LogP contribution is -2.14. The summed E-state index contributed by atoms with van der Waals surface area (Å²) in [6.07, 6.45) is 2.86. The van der Waals surface area contributed by atoms with Crippen molar-refractivity contribution in [2.45, 2.75) is 38.7 Å². The highest BCUT2D eigenvalue weighted by Crippen LogP contribution is 2.23. The van der Waals surface area contributed by atoms with E-state index in [0.717, 1.165) is 35.1 Å². The van der Waals surface area contributed by atoms with Crippen LogP contribution in [0.1, 0.15) is 30.3 Å². The molecule has 2 aromatic rings. The SMILES string of the molecule is CCc1nn(C)c(CC(O)CCc2ccccc2)c1Br. The van der Waals surface area contributed by atoms with Crippen molar-refractivity contribution in [2.75, 3.05) is 0 Å². The minimum absolute atomic E-state index is 0.341. The third kappa shape index (κ3) is 3.70. The van der Waals surface area contributed by atoms with Gasteiger partial charge in [-0.3, -0.25) is 4.68 Å². The van der Waals surface area contributed by atoms with E-state index in [9.17, 15) is 5.11 Å². The topological polar surface area (TPSA) is 38.0 Å². The van der Waals surface area contributed by atoms with Gasteiger partial charge in [-0.2, -0.15) is 5.10 Å². The van der Waals surface area contributed by atoms with Crippen molar-refractivity contribution in [3.8, 4) is 0 Å². The maximum Gasteiger partial charge on any atom is 0.0766 e. The van der Waals surface area contributed by atoms with Crippen LogP contribution in [0.15, 0.2) is 34.8 Å². The molecule has 1 aromatic heterocycles. The second-order valence-electron chi connectivity index (χ2n) is 5.07. The van der Waals surface area contributed by atoms with Gasteiger partial charge in [-0.15, -0.1) is 0 Å². The molecule has 4 heteroatoms. The van der Waals surface area contributed by atoms with E-state index in [1.54, 1.807) is 0 Å². The van der Waals surface area contributed by atoms with Crippen LogP contribution in [0.5, 0.6) is 0 Å². The van der Waals surface area contributed by atoms with Gasteiger partial charge in [0.2, 0.25) is 0 Å². The van der Waals surface area contributed by atoms with Gasteiger partial charge in [-0.1, -0.05) is 37.3 Å². The average molecular weight is 337 g/mol. The van der Waals surface area contributed by atoms with E-state index in [1.807, 2.05) is 29.9 Å². The third-order valence-corrected chi connectivity index (χ3v) is 4.46. The Morgan fingerprint density at radius 3 is 2.60 bits per heavy atom. The van der Waals surface area contributed by atoms with E-state index in [4.69, 9.17) is 0 Å². The highest BCUT2D eigenvalue weighted by atomic mass is 79.9. The number of hydrogen-bond acceptors (Lipinski definition) is 2. The Kier molecular flexibility index (Phi) is 5.38. The Morgan fingerprint density at radius 2 is 2.00 bits per heavy atom. The second kappa shape index (κ2) is 7.04. The van der Waals surface area contributed by atoms with Gasteiger partial charge in [0, 0.05) is 13.5 Å². The number of aryl methyl sites for hydroxylation is 3. The molecule has 1 unspecified atom stereocenters. The van der Waals surface area contributed by atoms with E-state index in [2.05, 4.69) is 40.1 Å². The molecule has 20 heavy (non-hydrogen) atoms. The molecule has 0 aliphatic heterocycles. The first kappa shape index (κ1) is 15.3. The number of nitrogens with zero attached hydrogens (tertiary/aromatic N) is 2. The normalized spacial score (nSPS) is 12.6. The molecule has 0 amide bonds. The number of halogens is 1. The number of rotatable bonds is 6. The van der Waals surface area contributed by atoms with Gasteiger partial charge in [0.25, 0.3) is 0 Å². The lowest BCUT2D eigenvalue weighted by molar-refractivity contribution is 0.162. The summed E-state index contributed by atoms with van der Waals surface area (Å²) in [5, 5.41) is 14.7. The van der Waals surface area contributed by atoms with Crippen LogP contribution in [0, 0.1) is 0 Å². The quantitative estimate of drug-likeness (QED) is 0.878. The van der Waals surface area contributed by atoms with E-state index in [0.29, 0.717) is 6.42 Å². The molecule has 2 rings (SSSR count). The van der Waals surface area contributed by atoms with Crippen molar-refractivity contribution in [3.05, 3.63) is 51.8 Å². The van der Waals surface area contributed by atoms with Gasteiger partial charge in [-0.25, -0.2) is 0 Å². The smallest absolute Gasteiger partial charge is 0.0766 e. The van der Waals surface area contributed by atoms with Gasteiger partial charge < -0.3 is 5.11 Å². The van der Waals surface area contributed by atoms with Crippen LogP contribution >= 0.6 is 15.9 Å². The summed E-state index contributed by atoms with van der Waals surface area (Å²) in [5.74, 6) is 0. The molecule has 0 radical (unpaired) electrons. The Balaban J connectivity index is 1.95. The third-order valence-electron chi connectivity index (χ3n) is 3.54. The maximum atomic E-state index is 10.2. The van der Waals surface area contributed by atoms with Gasteiger partial charge in [0.1, 0.15) is 0 Å². The summed E-state index contributed by atoms with van der Waals surface area (Å²) >= 11 is 3.59. The molecule has 0 aliphatic carbocycles. The lowest BCUT2D eigenvalue weighted by atomic mass is 10.0. The summed E-state index contributed by atoms with van der Waals surface area (Å²) in [7, 11) is 1.93. The molecular formula is C16H21BrN2O. The first-order valence-electron chi connectivity index (χ1n) is 7.04. The summed E-state index contributed by atoms with van der Waals surface area (Å²) in [4.78, 5) is 0. The van der Waals surface area contributed by atoms with Crippen molar-refractivity contribution in [1.82, 2.24) is 9.78 Å². The predicted octanol–water partition coefficient (Wildman–Crippen LogP) is 3.28. The highest BCUT2D eigenvalue weighted by Gasteiger charge is 2.16. The highest BCUT2D eigenvalue weighted by molar-refractivity contribution is 9.10. The molecule has 1 atom stereocenters. The predicted molar refractivity (Wildman–Crippen MR) is 84.8 cm³/mol. The maximum absolute atomic E-state index is 10.2. The van der Waals surface area contributed by atoms with Crippen molar-refractivity contribution < 1.29 is 5.11 Å². The molecule has 1 N–H and O–H groups in total. The lowest BCUT2D eigenvalue weighted by Gasteiger charge is -2.11. The van der Waals surface area contributed by atoms with Crippen LogP contribution in [0.25, 0.3) is 0 Å². The summed E-state index contributed by atoms with van der Waals surface area (Å²) in [6.45, 7) is 2.09. The van der Waals surface area contributed by atoms with Crippen LogP contribution in [0.3, 0.4) is 0 Å². The largest absolute Gasteiger partial charge is 0.393 e. The Labute approximate surface area is 128 Å². The monoisotopic (exact) mass is 336 g/mol. The van der Waals surface area contributed by atoms with E-state index in [1.165, 1.54) is 5.56 Å². The molecule has 0 aliphatic rings. The van der Waals surface area contributed by atoms with Crippen LogP contribution < -0.4 is 0 Å². The standard InChI is InChI=1S/C16H21BrN2O/c1-3-14-16(17)15(19(2)18-14)11-13(20)10-9-12-7-5-4-6-8-12/h4-8,13,20H,3,9-11H2,1-2H3. The Morgan fingerprint density at radius 1 is 1.30 bits per heavy atom. The van der Waals surface area contributed by atoms with Crippen LogP contribution in [-0.2, 0) is 26.3 Å². The fraction of sp³-hybridized carbons (Fsp3) is 0.438. The zero-order chi connectivity index (χ0) is 14.5. The Hall–Kier alpha value is -1.13. The molecule has 0 saturated heterocycles. The van der Waals surface area contributed by atoms with Gasteiger partial charge in [0.15, 0.2) is 0 Å². The van der Waals surface area contributed by atoms with E-state index >= 15 is 0 Å². The first-order chi connectivity index (χ1) is 9.61. The number of aliphatic hydroxyl groups excluding tert-OH is 1. The van der Waals surface area contributed by atoms with Gasteiger partial charge in [-0.05, 0) is 40.8 Å². The van der Waals surface area contributed by atoms with Crippen LogP contribution in [0.2, 0.25) is 0 Å². The van der Waals surface area contributed by atoms with E-state index in [-0.39, 0.29) is 6.10 Å². The summed E-state index contributed by atoms with van der Waals surface area (Å²) in [6, 6.07) is 10.3. The van der Waals surface area contributed by atoms with Crippen LogP contribution in [-0.4, -0.2) is 21.0 Å². The molecule has 1 heterocycles. The van der Waals surface area contributed by atoms with Crippen LogP contribution in [0.4, 0.5) is 0 Å². The molecule has 1 aromatic carbocycles. The fourth-order valence-electron chi connectivity index (χ4n) is 2.34. The molecule has 0 saturated carbocycles. The molecule has 0 spiro atoms. The van der Waals surface area contributed by atoms with Crippen molar-refractivity contribution in [2.24, 2.45) is 7.05 Å². The molecule has 0 fully saturated rings. The van der Waals surface area contributed by atoms with Crippen molar-refractivity contribution in [3.63, 3.8) is 0 Å². The molecule has 108 valence electrons. The number of aliphatic hydroxyl groups is 1. The minimum Gasteiger partial charge on any atom is -0.393 e. The van der Waals surface area contributed by atoms with E-state index < -0.39 is 0 Å². The van der Waals surface area contributed by atoms with Crippen molar-refractivity contribution >= 4 is 15.9 Å². The zero-order valence-corrected chi connectivity index (χ0v) is 13.6. The molecular weight excluding hydrogens is 316 g/mol. The molecule has 3 nitrogen and oxygen atoms in total. The van der Waals surface area contributed by atoms with Gasteiger partial charge in [0.05, 0.1) is 22.0 Å². The average Bonchev–Trinajstić information content (AvgIpc) is 2.73. The first-order valence-corrected chi connectivity index (χ1v) is 7.83. The number of hydrogen-bond donors (Lipinski definition) is 1. The fourth-order valence-corrected chi connectivity index (χ4v) is 3.12. The molecule has 0 bridgehead atoms. The minimum atomic E-state index is -0.341.